The second kappa shape index (κ2) is 5.66. The summed E-state index contributed by atoms with van der Waals surface area (Å²) in [6.45, 7) is 9.32. The Morgan fingerprint density at radius 1 is 1.43 bits per heavy atom. The summed E-state index contributed by atoms with van der Waals surface area (Å²) in [4.78, 5) is 20.7. The summed E-state index contributed by atoms with van der Waals surface area (Å²) in [5, 5.41) is 0.819. The summed E-state index contributed by atoms with van der Waals surface area (Å²) in [7, 11) is 0. The first-order valence-corrected chi connectivity index (χ1v) is 8.72. The third kappa shape index (κ3) is 2.49. The SMILES string of the molecule is CCN1CCCC(n2c(=S)[nH]c3sc(C)c(C)c3c2=O)C1. The molecule has 1 fully saturated rings. The van der Waals surface area contributed by atoms with Gasteiger partial charge in [-0.15, -0.1) is 11.3 Å². The average Bonchev–Trinajstić information content (AvgIpc) is 2.74. The molecular formula is C15H21N3OS2. The maximum absolute atomic E-state index is 12.9. The van der Waals surface area contributed by atoms with Crippen LogP contribution in [0.4, 0.5) is 0 Å². The molecule has 1 atom stereocenters. The molecule has 0 aromatic carbocycles. The Bertz CT molecular complexity index is 787. The van der Waals surface area contributed by atoms with Crippen molar-refractivity contribution < 1.29 is 0 Å². The number of likely N-dealkylation sites (N-methyl/N-ethyl adjacent to an activating group) is 1. The third-order valence-corrected chi connectivity index (χ3v) is 5.97. The smallest absolute Gasteiger partial charge is 0.263 e. The molecule has 1 saturated heterocycles. The molecular weight excluding hydrogens is 302 g/mol. The van der Waals surface area contributed by atoms with Crippen molar-refractivity contribution in [2.45, 2.75) is 39.7 Å². The number of piperidine rings is 1. The molecule has 2 aromatic rings. The monoisotopic (exact) mass is 323 g/mol. The van der Waals surface area contributed by atoms with E-state index < -0.39 is 0 Å². The number of aromatic amines is 1. The Kier molecular flexibility index (Phi) is 4.03. The van der Waals surface area contributed by atoms with Crippen LogP contribution in [0.15, 0.2) is 4.79 Å². The molecule has 3 rings (SSSR count). The van der Waals surface area contributed by atoms with E-state index in [-0.39, 0.29) is 11.6 Å². The lowest BCUT2D eigenvalue weighted by atomic mass is 10.1. The number of nitrogens with one attached hydrogen (secondary N) is 1. The third-order valence-electron chi connectivity index (χ3n) is 4.55. The molecule has 3 heterocycles. The fourth-order valence-corrected chi connectivity index (χ4v) is 4.65. The van der Waals surface area contributed by atoms with Gasteiger partial charge in [-0.05, 0) is 57.6 Å². The van der Waals surface area contributed by atoms with E-state index >= 15 is 0 Å². The van der Waals surface area contributed by atoms with Crippen molar-refractivity contribution in [3.63, 3.8) is 0 Å². The number of rotatable bonds is 2. The topological polar surface area (TPSA) is 41.0 Å². The van der Waals surface area contributed by atoms with Crippen molar-refractivity contribution in [3.05, 3.63) is 25.6 Å². The van der Waals surface area contributed by atoms with E-state index in [0.717, 1.165) is 48.3 Å². The molecule has 0 spiro atoms. The van der Waals surface area contributed by atoms with Crippen LogP contribution < -0.4 is 5.56 Å². The molecule has 0 bridgehead atoms. The minimum Gasteiger partial charge on any atom is -0.323 e. The summed E-state index contributed by atoms with van der Waals surface area (Å²) >= 11 is 7.09. The van der Waals surface area contributed by atoms with Crippen LogP contribution in [0.2, 0.25) is 0 Å². The molecule has 0 radical (unpaired) electrons. The highest BCUT2D eigenvalue weighted by Gasteiger charge is 2.23. The summed E-state index contributed by atoms with van der Waals surface area (Å²) in [6, 6.07) is 0.193. The maximum atomic E-state index is 12.9. The first-order valence-electron chi connectivity index (χ1n) is 7.49. The van der Waals surface area contributed by atoms with Gasteiger partial charge in [0, 0.05) is 11.4 Å². The van der Waals surface area contributed by atoms with Crippen LogP contribution in [0.5, 0.6) is 0 Å². The van der Waals surface area contributed by atoms with Crippen LogP contribution in [0.25, 0.3) is 10.2 Å². The van der Waals surface area contributed by atoms with E-state index in [1.54, 1.807) is 11.3 Å². The van der Waals surface area contributed by atoms with Crippen molar-refractivity contribution in [2.24, 2.45) is 0 Å². The quantitative estimate of drug-likeness (QED) is 0.861. The van der Waals surface area contributed by atoms with Crippen LogP contribution in [-0.4, -0.2) is 34.1 Å². The molecule has 1 aliphatic heterocycles. The Labute approximate surface area is 133 Å². The molecule has 6 heteroatoms. The first-order chi connectivity index (χ1) is 10.0. The maximum Gasteiger partial charge on any atom is 0.263 e. The number of fused-ring (bicyclic) bond motifs is 1. The zero-order chi connectivity index (χ0) is 15.1. The summed E-state index contributed by atoms with van der Waals surface area (Å²) in [6.07, 6.45) is 2.15. The zero-order valence-corrected chi connectivity index (χ0v) is 14.4. The number of H-pyrrole nitrogens is 1. The van der Waals surface area contributed by atoms with E-state index in [9.17, 15) is 4.79 Å². The normalized spacial score (nSPS) is 20.2. The predicted molar refractivity (Wildman–Crippen MR) is 91.1 cm³/mol. The number of likely N-dealkylation sites (tertiary alicyclic amines) is 1. The number of aryl methyl sites for hydroxylation is 2. The molecule has 0 amide bonds. The van der Waals surface area contributed by atoms with Gasteiger partial charge in [0.05, 0.1) is 11.4 Å². The van der Waals surface area contributed by atoms with Crippen molar-refractivity contribution in [1.82, 2.24) is 14.5 Å². The molecule has 2 aromatic heterocycles. The standard InChI is InChI=1S/C15H21N3OS2/c1-4-17-7-5-6-11(8-17)18-14(19)12-9(2)10(3)21-13(12)16-15(18)20/h11H,4-8H2,1-3H3,(H,16,20). The summed E-state index contributed by atoms with van der Waals surface area (Å²) in [5.74, 6) is 0. The lowest BCUT2D eigenvalue weighted by Crippen LogP contribution is -2.40. The molecule has 114 valence electrons. The Morgan fingerprint density at radius 3 is 2.90 bits per heavy atom. The van der Waals surface area contributed by atoms with Gasteiger partial charge in [0.15, 0.2) is 4.77 Å². The van der Waals surface area contributed by atoms with Crippen LogP contribution in [0.3, 0.4) is 0 Å². The Morgan fingerprint density at radius 2 is 2.19 bits per heavy atom. The lowest BCUT2D eigenvalue weighted by molar-refractivity contribution is 0.182. The van der Waals surface area contributed by atoms with Gasteiger partial charge in [-0.25, -0.2) is 0 Å². The van der Waals surface area contributed by atoms with Gasteiger partial charge in [0.25, 0.3) is 5.56 Å². The highest BCUT2D eigenvalue weighted by molar-refractivity contribution is 7.71. The number of hydrogen-bond acceptors (Lipinski definition) is 4. The Hall–Kier alpha value is -0.980. The van der Waals surface area contributed by atoms with Crippen molar-refractivity contribution in [1.29, 1.82) is 0 Å². The average molecular weight is 323 g/mol. The van der Waals surface area contributed by atoms with Gasteiger partial charge in [0.2, 0.25) is 0 Å². The molecule has 1 aliphatic rings. The minimum absolute atomic E-state index is 0.0820. The highest BCUT2D eigenvalue weighted by atomic mass is 32.1. The minimum atomic E-state index is 0.0820. The highest BCUT2D eigenvalue weighted by Crippen LogP contribution is 2.27. The first kappa shape index (κ1) is 14.9. The van der Waals surface area contributed by atoms with Gasteiger partial charge in [-0.1, -0.05) is 6.92 Å². The lowest BCUT2D eigenvalue weighted by Gasteiger charge is -2.32. The molecule has 1 N–H and O–H groups in total. The van der Waals surface area contributed by atoms with E-state index in [1.165, 1.54) is 4.88 Å². The molecule has 0 aliphatic carbocycles. The van der Waals surface area contributed by atoms with Crippen LogP contribution in [-0.2, 0) is 0 Å². The number of aromatic nitrogens is 2. The van der Waals surface area contributed by atoms with Gasteiger partial charge in [0.1, 0.15) is 4.83 Å². The van der Waals surface area contributed by atoms with Crippen LogP contribution in [0, 0.1) is 18.6 Å². The van der Waals surface area contributed by atoms with Crippen molar-refractivity contribution >= 4 is 33.8 Å². The Balaban J connectivity index is 2.16. The van der Waals surface area contributed by atoms with E-state index in [2.05, 4.69) is 23.7 Å². The molecule has 0 saturated carbocycles. The zero-order valence-electron chi connectivity index (χ0n) is 12.7. The van der Waals surface area contributed by atoms with E-state index in [1.807, 2.05) is 11.5 Å². The summed E-state index contributed by atoms with van der Waals surface area (Å²) < 4.78 is 2.38. The number of thiophene rings is 1. The number of nitrogens with zero attached hydrogens (tertiary/aromatic N) is 2. The second-order valence-corrected chi connectivity index (χ2v) is 7.39. The molecule has 1 unspecified atom stereocenters. The fourth-order valence-electron chi connectivity index (χ4n) is 3.20. The van der Waals surface area contributed by atoms with E-state index in [0.29, 0.717) is 4.77 Å². The second-order valence-electron chi connectivity index (χ2n) is 5.78. The van der Waals surface area contributed by atoms with Gasteiger partial charge >= 0.3 is 0 Å². The van der Waals surface area contributed by atoms with E-state index in [4.69, 9.17) is 12.2 Å². The largest absolute Gasteiger partial charge is 0.323 e. The molecule has 21 heavy (non-hydrogen) atoms. The van der Waals surface area contributed by atoms with Gasteiger partial charge in [-0.2, -0.15) is 0 Å². The molecule has 4 nitrogen and oxygen atoms in total. The summed E-state index contributed by atoms with van der Waals surface area (Å²) in [5.41, 5.74) is 1.17. The van der Waals surface area contributed by atoms with Crippen molar-refractivity contribution in [2.75, 3.05) is 19.6 Å². The predicted octanol–water partition coefficient (Wildman–Crippen LogP) is 3.39. The van der Waals surface area contributed by atoms with Crippen LogP contribution in [0.1, 0.15) is 36.2 Å². The van der Waals surface area contributed by atoms with Gasteiger partial charge in [-0.3, -0.25) is 9.36 Å². The van der Waals surface area contributed by atoms with Crippen molar-refractivity contribution in [3.8, 4) is 0 Å². The van der Waals surface area contributed by atoms with Gasteiger partial charge < -0.3 is 9.88 Å². The number of hydrogen-bond donors (Lipinski definition) is 1. The van der Waals surface area contributed by atoms with Crippen LogP contribution >= 0.6 is 23.6 Å². The fraction of sp³-hybridized carbons (Fsp3) is 0.600.